The van der Waals surface area contributed by atoms with Crippen molar-refractivity contribution in [2.75, 3.05) is 7.11 Å². The molecule has 2 nitrogen and oxygen atoms in total. The van der Waals surface area contributed by atoms with E-state index in [1.807, 2.05) is 0 Å². The van der Waals surface area contributed by atoms with Gasteiger partial charge in [-0.25, -0.2) is 0 Å². The Kier molecular flexibility index (Phi) is 5.87. The van der Waals surface area contributed by atoms with Crippen LogP contribution in [-0.4, -0.2) is 13.2 Å². The Labute approximate surface area is 117 Å². The highest BCUT2D eigenvalue weighted by Crippen LogP contribution is 2.23. The van der Waals surface area contributed by atoms with Gasteiger partial charge in [-0.05, 0) is 29.9 Å². The fourth-order valence-corrected chi connectivity index (χ4v) is 2.97. The molecule has 2 heteroatoms. The van der Waals surface area contributed by atoms with Crippen molar-refractivity contribution < 1.29 is 4.74 Å². The van der Waals surface area contributed by atoms with Crippen molar-refractivity contribution in [3.63, 3.8) is 0 Å². The molecule has 1 aromatic carbocycles. The van der Waals surface area contributed by atoms with E-state index in [0.29, 0.717) is 12.6 Å². The first-order valence-corrected chi connectivity index (χ1v) is 7.59. The summed E-state index contributed by atoms with van der Waals surface area (Å²) in [6.07, 6.45) is 6.92. The van der Waals surface area contributed by atoms with Gasteiger partial charge in [-0.1, -0.05) is 50.5 Å². The van der Waals surface area contributed by atoms with Gasteiger partial charge in [0, 0.05) is 19.7 Å². The van der Waals surface area contributed by atoms with E-state index in [1.54, 1.807) is 7.11 Å². The number of methoxy groups -OCH3 is 1. The van der Waals surface area contributed by atoms with Crippen molar-refractivity contribution in [3.8, 4) is 0 Å². The molecule has 1 aromatic rings. The highest BCUT2D eigenvalue weighted by Gasteiger charge is 2.18. The topological polar surface area (TPSA) is 21.3 Å². The maximum atomic E-state index is 5.14. The molecular weight excluding hydrogens is 234 g/mol. The van der Waals surface area contributed by atoms with Crippen LogP contribution >= 0.6 is 0 Å². The molecule has 2 atom stereocenters. The van der Waals surface area contributed by atoms with E-state index in [4.69, 9.17) is 4.74 Å². The third-order valence-corrected chi connectivity index (χ3v) is 4.26. The lowest BCUT2D eigenvalue weighted by atomic mass is 9.97. The molecule has 1 saturated carbocycles. The van der Waals surface area contributed by atoms with Gasteiger partial charge in [0.1, 0.15) is 0 Å². The molecule has 19 heavy (non-hydrogen) atoms. The minimum Gasteiger partial charge on any atom is -0.380 e. The van der Waals surface area contributed by atoms with Crippen LogP contribution in [0.15, 0.2) is 24.3 Å². The lowest BCUT2D eigenvalue weighted by Crippen LogP contribution is -2.33. The summed E-state index contributed by atoms with van der Waals surface area (Å²) >= 11 is 0. The second kappa shape index (κ2) is 7.66. The van der Waals surface area contributed by atoms with Gasteiger partial charge in [0.25, 0.3) is 0 Å². The standard InChI is InChI=1S/C17H27NO/c1-14-6-4-3-5-7-17(14)18-12-15-8-10-16(11-9-15)13-19-2/h8-11,14,17-18H,3-7,12-13H2,1-2H3. The number of nitrogens with one attached hydrogen (secondary N) is 1. The van der Waals surface area contributed by atoms with Crippen LogP contribution in [0.25, 0.3) is 0 Å². The first kappa shape index (κ1) is 14.5. The number of rotatable bonds is 5. The summed E-state index contributed by atoms with van der Waals surface area (Å²) in [7, 11) is 1.74. The van der Waals surface area contributed by atoms with Crippen molar-refractivity contribution in [2.24, 2.45) is 5.92 Å². The third-order valence-electron chi connectivity index (χ3n) is 4.26. The first-order valence-electron chi connectivity index (χ1n) is 7.59. The molecule has 2 unspecified atom stereocenters. The molecule has 106 valence electrons. The second-order valence-corrected chi connectivity index (χ2v) is 5.85. The Morgan fingerprint density at radius 2 is 1.74 bits per heavy atom. The average Bonchev–Trinajstić information content (AvgIpc) is 2.63. The molecule has 0 saturated heterocycles. The number of hydrogen-bond donors (Lipinski definition) is 1. The minimum atomic E-state index is 0.696. The molecular formula is C17H27NO. The van der Waals surface area contributed by atoms with Crippen LogP contribution in [0.1, 0.15) is 50.2 Å². The molecule has 2 rings (SSSR count). The normalized spacial score (nSPS) is 24.1. The van der Waals surface area contributed by atoms with Crippen LogP contribution in [-0.2, 0) is 17.9 Å². The summed E-state index contributed by atoms with van der Waals surface area (Å²) in [5.74, 6) is 0.815. The smallest absolute Gasteiger partial charge is 0.0713 e. The second-order valence-electron chi connectivity index (χ2n) is 5.85. The maximum Gasteiger partial charge on any atom is 0.0713 e. The maximum absolute atomic E-state index is 5.14. The Bertz CT molecular complexity index is 360. The zero-order valence-corrected chi connectivity index (χ0v) is 12.3. The Balaban J connectivity index is 1.83. The van der Waals surface area contributed by atoms with E-state index in [9.17, 15) is 0 Å². The molecule has 0 amide bonds. The Morgan fingerprint density at radius 1 is 1.05 bits per heavy atom. The van der Waals surface area contributed by atoms with E-state index in [-0.39, 0.29) is 0 Å². The Hall–Kier alpha value is -0.860. The fourth-order valence-electron chi connectivity index (χ4n) is 2.97. The van der Waals surface area contributed by atoms with Gasteiger partial charge in [0.2, 0.25) is 0 Å². The molecule has 0 radical (unpaired) electrons. The van der Waals surface area contributed by atoms with E-state index in [1.165, 1.54) is 43.2 Å². The van der Waals surface area contributed by atoms with Gasteiger partial charge in [0.15, 0.2) is 0 Å². The molecule has 0 aliphatic heterocycles. The largest absolute Gasteiger partial charge is 0.380 e. The third kappa shape index (κ3) is 4.63. The van der Waals surface area contributed by atoms with Gasteiger partial charge in [-0.2, -0.15) is 0 Å². The van der Waals surface area contributed by atoms with E-state index < -0.39 is 0 Å². The van der Waals surface area contributed by atoms with Crippen molar-refractivity contribution in [2.45, 2.75) is 58.2 Å². The molecule has 1 N–H and O–H groups in total. The number of ether oxygens (including phenoxy) is 1. The van der Waals surface area contributed by atoms with Gasteiger partial charge < -0.3 is 10.1 Å². The molecule has 1 fully saturated rings. The van der Waals surface area contributed by atoms with Crippen LogP contribution in [0.4, 0.5) is 0 Å². The predicted molar refractivity (Wildman–Crippen MR) is 80.0 cm³/mol. The summed E-state index contributed by atoms with van der Waals surface area (Å²) in [5, 5.41) is 3.75. The minimum absolute atomic E-state index is 0.696. The highest BCUT2D eigenvalue weighted by atomic mass is 16.5. The fraction of sp³-hybridized carbons (Fsp3) is 0.647. The molecule has 0 aromatic heterocycles. The number of hydrogen-bond acceptors (Lipinski definition) is 2. The van der Waals surface area contributed by atoms with E-state index >= 15 is 0 Å². The average molecular weight is 261 g/mol. The van der Waals surface area contributed by atoms with Gasteiger partial charge >= 0.3 is 0 Å². The monoisotopic (exact) mass is 261 g/mol. The lowest BCUT2D eigenvalue weighted by molar-refractivity contribution is 0.185. The quantitative estimate of drug-likeness (QED) is 0.812. The summed E-state index contributed by atoms with van der Waals surface area (Å²) < 4.78 is 5.14. The van der Waals surface area contributed by atoms with Crippen molar-refractivity contribution in [3.05, 3.63) is 35.4 Å². The molecule has 0 spiro atoms. The predicted octanol–water partition coefficient (Wildman–Crippen LogP) is 3.89. The van der Waals surface area contributed by atoms with Crippen LogP contribution in [0, 0.1) is 5.92 Å². The van der Waals surface area contributed by atoms with E-state index in [0.717, 1.165) is 12.5 Å². The molecule has 0 heterocycles. The highest BCUT2D eigenvalue weighted by molar-refractivity contribution is 5.22. The van der Waals surface area contributed by atoms with Crippen molar-refractivity contribution in [1.82, 2.24) is 5.32 Å². The molecule has 1 aliphatic rings. The van der Waals surface area contributed by atoms with Gasteiger partial charge in [-0.3, -0.25) is 0 Å². The Morgan fingerprint density at radius 3 is 2.47 bits per heavy atom. The molecule has 0 bridgehead atoms. The zero-order chi connectivity index (χ0) is 13.5. The lowest BCUT2D eigenvalue weighted by Gasteiger charge is -2.23. The number of benzene rings is 1. The zero-order valence-electron chi connectivity index (χ0n) is 12.3. The molecule has 1 aliphatic carbocycles. The summed E-state index contributed by atoms with van der Waals surface area (Å²) in [5.41, 5.74) is 2.62. The van der Waals surface area contributed by atoms with E-state index in [2.05, 4.69) is 36.5 Å². The summed E-state index contributed by atoms with van der Waals surface area (Å²) in [6, 6.07) is 9.45. The van der Waals surface area contributed by atoms with Crippen LogP contribution < -0.4 is 5.32 Å². The van der Waals surface area contributed by atoms with Gasteiger partial charge in [-0.15, -0.1) is 0 Å². The SMILES string of the molecule is COCc1ccc(CNC2CCCCCC2C)cc1. The van der Waals surface area contributed by atoms with Crippen LogP contribution in [0.3, 0.4) is 0 Å². The van der Waals surface area contributed by atoms with Crippen LogP contribution in [0.2, 0.25) is 0 Å². The van der Waals surface area contributed by atoms with Crippen LogP contribution in [0.5, 0.6) is 0 Å². The van der Waals surface area contributed by atoms with Gasteiger partial charge in [0.05, 0.1) is 6.61 Å². The first-order chi connectivity index (χ1) is 9.29. The van der Waals surface area contributed by atoms with Crippen molar-refractivity contribution >= 4 is 0 Å². The summed E-state index contributed by atoms with van der Waals surface area (Å²) in [4.78, 5) is 0. The van der Waals surface area contributed by atoms with Crippen molar-refractivity contribution in [1.29, 1.82) is 0 Å². The summed E-state index contributed by atoms with van der Waals surface area (Å²) in [6.45, 7) is 4.08.